The minimum absolute atomic E-state index is 0.120. The van der Waals surface area contributed by atoms with Crippen molar-refractivity contribution in [3.63, 3.8) is 0 Å². The van der Waals surface area contributed by atoms with Gasteiger partial charge in [0.1, 0.15) is 5.82 Å². The topological polar surface area (TPSA) is 6.48 Å². The molecular formula is C14H20BrFN2. The Kier molecular flexibility index (Phi) is 4.41. The molecule has 1 aromatic rings. The molecule has 1 heterocycles. The molecule has 2 atom stereocenters. The summed E-state index contributed by atoms with van der Waals surface area (Å²) in [4.78, 5) is 4.60. The van der Waals surface area contributed by atoms with Gasteiger partial charge < -0.3 is 4.90 Å². The summed E-state index contributed by atoms with van der Waals surface area (Å²) in [5.74, 6) is 0.510. The zero-order valence-electron chi connectivity index (χ0n) is 11.2. The predicted molar refractivity (Wildman–Crippen MR) is 76.0 cm³/mol. The smallest absolute Gasteiger partial charge is 0.128 e. The minimum atomic E-state index is -0.120. The van der Waals surface area contributed by atoms with E-state index >= 15 is 0 Å². The highest BCUT2D eigenvalue weighted by atomic mass is 79.9. The lowest BCUT2D eigenvalue weighted by Gasteiger charge is -2.22. The van der Waals surface area contributed by atoms with Crippen LogP contribution in [0.15, 0.2) is 22.7 Å². The van der Waals surface area contributed by atoms with Gasteiger partial charge in [0.25, 0.3) is 0 Å². The van der Waals surface area contributed by atoms with Crippen LogP contribution in [0.2, 0.25) is 0 Å². The second kappa shape index (κ2) is 5.68. The number of nitrogens with zero attached hydrogens (tertiary/aromatic N) is 2. The molecule has 1 saturated heterocycles. The lowest BCUT2D eigenvalue weighted by Crippen LogP contribution is -2.34. The highest BCUT2D eigenvalue weighted by Crippen LogP contribution is 2.26. The average Bonchev–Trinajstić information content (AvgIpc) is 2.65. The number of likely N-dealkylation sites (tertiary alicyclic amines) is 1. The first-order chi connectivity index (χ1) is 8.49. The molecule has 0 amide bonds. The number of rotatable bonds is 3. The monoisotopic (exact) mass is 314 g/mol. The lowest BCUT2D eigenvalue weighted by atomic mass is 10.1. The third-order valence-corrected chi connectivity index (χ3v) is 4.50. The van der Waals surface area contributed by atoms with E-state index in [1.807, 2.05) is 6.07 Å². The van der Waals surface area contributed by atoms with Crippen LogP contribution in [0.25, 0.3) is 0 Å². The van der Waals surface area contributed by atoms with Gasteiger partial charge in [-0.1, -0.05) is 28.9 Å². The summed E-state index contributed by atoms with van der Waals surface area (Å²) in [5.41, 5.74) is 0.768. The molecule has 18 heavy (non-hydrogen) atoms. The minimum Gasteiger partial charge on any atom is -0.305 e. The van der Waals surface area contributed by atoms with Crippen LogP contribution >= 0.6 is 15.9 Å². The van der Waals surface area contributed by atoms with Crippen molar-refractivity contribution in [1.29, 1.82) is 0 Å². The first-order valence-electron chi connectivity index (χ1n) is 6.30. The summed E-state index contributed by atoms with van der Waals surface area (Å²) in [6, 6.07) is 5.73. The van der Waals surface area contributed by atoms with E-state index < -0.39 is 0 Å². The Labute approximate surface area is 117 Å². The molecule has 0 saturated carbocycles. The molecule has 1 aliphatic heterocycles. The highest BCUT2D eigenvalue weighted by Gasteiger charge is 2.31. The Morgan fingerprint density at radius 2 is 2.11 bits per heavy atom. The van der Waals surface area contributed by atoms with Gasteiger partial charge in [0.2, 0.25) is 0 Å². The Morgan fingerprint density at radius 1 is 1.39 bits per heavy atom. The maximum atomic E-state index is 13.8. The van der Waals surface area contributed by atoms with Gasteiger partial charge >= 0.3 is 0 Å². The zero-order valence-corrected chi connectivity index (χ0v) is 12.7. The Hall–Kier alpha value is -0.450. The van der Waals surface area contributed by atoms with E-state index in [1.54, 1.807) is 6.07 Å². The van der Waals surface area contributed by atoms with Crippen LogP contribution in [0.1, 0.15) is 12.5 Å². The summed E-state index contributed by atoms with van der Waals surface area (Å²) in [5, 5.41) is 0. The molecule has 100 valence electrons. The van der Waals surface area contributed by atoms with Crippen LogP contribution in [-0.2, 0) is 6.54 Å². The molecule has 2 rings (SSSR count). The Morgan fingerprint density at radius 3 is 2.67 bits per heavy atom. The molecule has 1 aliphatic rings. The van der Waals surface area contributed by atoms with Gasteiger partial charge in [-0.25, -0.2) is 4.39 Å². The largest absolute Gasteiger partial charge is 0.305 e. The van der Waals surface area contributed by atoms with Gasteiger partial charge in [-0.2, -0.15) is 0 Å². The van der Waals surface area contributed by atoms with Crippen LogP contribution in [-0.4, -0.2) is 43.0 Å². The van der Waals surface area contributed by atoms with E-state index in [9.17, 15) is 4.39 Å². The van der Waals surface area contributed by atoms with Crippen molar-refractivity contribution in [2.75, 3.05) is 27.2 Å². The molecule has 0 bridgehead atoms. The first kappa shape index (κ1) is 14.0. The van der Waals surface area contributed by atoms with Crippen LogP contribution in [0, 0.1) is 11.7 Å². The third kappa shape index (κ3) is 2.92. The number of likely N-dealkylation sites (N-methyl/N-ethyl adjacent to an activating group) is 1. The van der Waals surface area contributed by atoms with Gasteiger partial charge in [0.05, 0.1) is 0 Å². The van der Waals surface area contributed by atoms with E-state index in [0.29, 0.717) is 18.5 Å². The third-order valence-electron chi connectivity index (χ3n) is 3.75. The van der Waals surface area contributed by atoms with Gasteiger partial charge in [-0.15, -0.1) is 0 Å². The van der Waals surface area contributed by atoms with Crippen LogP contribution in [0.3, 0.4) is 0 Å². The van der Waals surface area contributed by atoms with Crippen molar-refractivity contribution in [3.8, 4) is 0 Å². The second-order valence-electron chi connectivity index (χ2n) is 5.40. The van der Waals surface area contributed by atoms with Gasteiger partial charge in [-0.05, 0) is 32.1 Å². The molecule has 0 aliphatic carbocycles. The standard InChI is InChI=1S/C14H20BrFN2/c1-10-7-18(9-14(10)17(2)3)8-11-12(15)5-4-6-13(11)16/h4-6,10,14H,7-9H2,1-3H3. The first-order valence-corrected chi connectivity index (χ1v) is 7.10. The summed E-state index contributed by atoms with van der Waals surface area (Å²) >= 11 is 3.44. The van der Waals surface area contributed by atoms with Crippen LogP contribution in [0.5, 0.6) is 0 Å². The maximum absolute atomic E-state index is 13.8. The molecule has 1 aromatic carbocycles. The van der Waals surface area contributed by atoms with Gasteiger partial charge in [0.15, 0.2) is 0 Å². The fourth-order valence-corrected chi connectivity index (χ4v) is 3.22. The van der Waals surface area contributed by atoms with E-state index in [0.717, 1.165) is 23.1 Å². The molecule has 2 nitrogen and oxygen atoms in total. The van der Waals surface area contributed by atoms with E-state index in [-0.39, 0.29) is 5.82 Å². The van der Waals surface area contributed by atoms with Crippen molar-refractivity contribution >= 4 is 15.9 Å². The lowest BCUT2D eigenvalue weighted by molar-refractivity contribution is 0.249. The summed E-state index contributed by atoms with van der Waals surface area (Å²) in [6.07, 6.45) is 0. The number of hydrogen-bond acceptors (Lipinski definition) is 2. The normalized spacial score (nSPS) is 25.0. The number of hydrogen-bond donors (Lipinski definition) is 0. The van der Waals surface area contributed by atoms with Crippen molar-refractivity contribution in [2.24, 2.45) is 5.92 Å². The molecule has 1 fully saturated rings. The molecule has 0 spiro atoms. The van der Waals surface area contributed by atoms with Crippen molar-refractivity contribution in [2.45, 2.75) is 19.5 Å². The SMILES string of the molecule is CC1CN(Cc2c(F)cccc2Br)CC1N(C)C. The molecule has 2 unspecified atom stereocenters. The second-order valence-corrected chi connectivity index (χ2v) is 6.26. The van der Waals surface area contributed by atoms with Crippen LogP contribution < -0.4 is 0 Å². The summed E-state index contributed by atoms with van der Waals surface area (Å²) in [7, 11) is 4.23. The quantitative estimate of drug-likeness (QED) is 0.846. The fraction of sp³-hybridized carbons (Fsp3) is 0.571. The molecule has 0 N–H and O–H groups in total. The van der Waals surface area contributed by atoms with Crippen LogP contribution in [0.4, 0.5) is 4.39 Å². The maximum Gasteiger partial charge on any atom is 0.128 e. The van der Waals surface area contributed by atoms with Crippen molar-refractivity contribution in [1.82, 2.24) is 9.80 Å². The highest BCUT2D eigenvalue weighted by molar-refractivity contribution is 9.10. The molecule has 4 heteroatoms. The zero-order chi connectivity index (χ0) is 13.3. The van der Waals surface area contributed by atoms with E-state index in [1.165, 1.54) is 6.07 Å². The summed E-state index contributed by atoms with van der Waals surface area (Å²) in [6.45, 7) is 4.99. The number of halogens is 2. The fourth-order valence-electron chi connectivity index (χ4n) is 2.76. The molecule has 0 radical (unpaired) electrons. The van der Waals surface area contributed by atoms with Gasteiger partial charge in [-0.3, -0.25) is 4.90 Å². The molecular weight excluding hydrogens is 295 g/mol. The van der Waals surface area contributed by atoms with E-state index in [2.05, 4.69) is 46.7 Å². The van der Waals surface area contributed by atoms with Crippen molar-refractivity contribution in [3.05, 3.63) is 34.1 Å². The van der Waals surface area contributed by atoms with E-state index in [4.69, 9.17) is 0 Å². The van der Waals surface area contributed by atoms with Gasteiger partial charge in [0, 0.05) is 35.7 Å². The Bertz CT molecular complexity index is 402. The summed E-state index contributed by atoms with van der Waals surface area (Å²) < 4.78 is 14.7. The average molecular weight is 315 g/mol. The molecule has 0 aromatic heterocycles. The number of benzene rings is 1. The van der Waals surface area contributed by atoms with Crippen molar-refractivity contribution < 1.29 is 4.39 Å². The Balaban J connectivity index is 2.08. The predicted octanol–water partition coefficient (Wildman–Crippen LogP) is 2.97.